The summed E-state index contributed by atoms with van der Waals surface area (Å²) in [7, 11) is -3.76. The predicted molar refractivity (Wildman–Crippen MR) is 95.5 cm³/mol. The van der Waals surface area contributed by atoms with Crippen LogP contribution in [0.2, 0.25) is 5.02 Å². The molecule has 0 spiro atoms. The van der Waals surface area contributed by atoms with Gasteiger partial charge in [0.15, 0.2) is 0 Å². The van der Waals surface area contributed by atoms with Crippen LogP contribution in [0, 0.1) is 0 Å². The van der Waals surface area contributed by atoms with Gasteiger partial charge in [-0.1, -0.05) is 39.7 Å². The lowest BCUT2D eigenvalue weighted by Gasteiger charge is -2.17. The van der Waals surface area contributed by atoms with Crippen LogP contribution in [0.3, 0.4) is 0 Å². The molecule has 0 radical (unpaired) electrons. The molecule has 2 aromatic carbocycles. The average Bonchev–Trinajstić information content (AvgIpc) is 2.49. The Morgan fingerprint density at radius 1 is 1.22 bits per heavy atom. The lowest BCUT2D eigenvalue weighted by Crippen LogP contribution is -2.27. The van der Waals surface area contributed by atoms with Crippen molar-refractivity contribution in [1.29, 1.82) is 0 Å². The molecule has 0 aliphatic rings. The molecular weight excluding hydrogens is 402 g/mol. The van der Waals surface area contributed by atoms with E-state index in [4.69, 9.17) is 16.3 Å². The number of halogens is 2. The summed E-state index contributed by atoms with van der Waals surface area (Å²) >= 11 is 9.30. The summed E-state index contributed by atoms with van der Waals surface area (Å²) < 4.78 is 34.3. The van der Waals surface area contributed by atoms with Gasteiger partial charge in [0.2, 0.25) is 10.0 Å². The smallest absolute Gasteiger partial charge is 0.244 e. The highest BCUT2D eigenvalue weighted by Gasteiger charge is 2.23. The lowest BCUT2D eigenvalue weighted by atomic mass is 10.1. The molecule has 0 aromatic heterocycles. The van der Waals surface area contributed by atoms with E-state index in [2.05, 4.69) is 20.7 Å². The number of sulfonamides is 1. The van der Waals surface area contributed by atoms with Crippen molar-refractivity contribution in [1.82, 2.24) is 4.72 Å². The highest BCUT2D eigenvalue weighted by atomic mass is 79.9. The number of benzene rings is 2. The zero-order chi connectivity index (χ0) is 17.0. The van der Waals surface area contributed by atoms with Crippen LogP contribution in [0.5, 0.6) is 5.75 Å². The summed E-state index contributed by atoms with van der Waals surface area (Å²) in [5, 5.41) is 0.338. The van der Waals surface area contributed by atoms with Gasteiger partial charge in [-0.3, -0.25) is 0 Å². The van der Waals surface area contributed by atoms with Crippen molar-refractivity contribution in [2.75, 3.05) is 6.61 Å². The predicted octanol–water partition coefficient (Wildman–Crippen LogP) is 4.54. The summed E-state index contributed by atoms with van der Waals surface area (Å²) in [6.45, 7) is 3.95. The molecule has 0 saturated carbocycles. The first-order valence-corrected chi connectivity index (χ1v) is 9.69. The Kier molecular flexibility index (Phi) is 6.08. The topological polar surface area (TPSA) is 55.4 Å². The molecule has 0 bridgehead atoms. The third-order valence-electron chi connectivity index (χ3n) is 3.20. The van der Waals surface area contributed by atoms with Crippen LogP contribution in [-0.2, 0) is 10.0 Å². The van der Waals surface area contributed by atoms with Crippen LogP contribution in [0.1, 0.15) is 25.5 Å². The molecule has 0 saturated heterocycles. The Bertz CT molecular complexity index is 778. The van der Waals surface area contributed by atoms with E-state index in [1.807, 2.05) is 24.3 Å². The van der Waals surface area contributed by atoms with Gasteiger partial charge < -0.3 is 4.74 Å². The van der Waals surface area contributed by atoms with E-state index in [-0.39, 0.29) is 16.7 Å². The molecule has 2 aromatic rings. The highest BCUT2D eigenvalue weighted by Crippen LogP contribution is 2.28. The summed E-state index contributed by atoms with van der Waals surface area (Å²) in [6.07, 6.45) is 0. The van der Waals surface area contributed by atoms with Gasteiger partial charge >= 0.3 is 0 Å². The molecule has 0 heterocycles. The first-order valence-electron chi connectivity index (χ1n) is 7.03. The number of hydrogen-bond acceptors (Lipinski definition) is 3. The van der Waals surface area contributed by atoms with Crippen molar-refractivity contribution in [3.05, 3.63) is 57.5 Å². The maximum absolute atomic E-state index is 12.7. The Balaban J connectivity index is 2.31. The molecule has 0 fully saturated rings. The molecule has 1 atom stereocenters. The van der Waals surface area contributed by atoms with Crippen molar-refractivity contribution in [3.8, 4) is 5.75 Å². The minimum absolute atomic E-state index is 0.0378. The molecule has 1 N–H and O–H groups in total. The van der Waals surface area contributed by atoms with E-state index in [0.29, 0.717) is 11.6 Å². The lowest BCUT2D eigenvalue weighted by molar-refractivity contribution is 0.331. The first-order chi connectivity index (χ1) is 10.8. The van der Waals surface area contributed by atoms with Gasteiger partial charge in [-0.25, -0.2) is 13.1 Å². The second-order valence-electron chi connectivity index (χ2n) is 4.92. The molecule has 2 rings (SSSR count). The molecule has 124 valence electrons. The fraction of sp³-hybridized carbons (Fsp3) is 0.250. The fourth-order valence-electron chi connectivity index (χ4n) is 2.08. The summed E-state index contributed by atoms with van der Waals surface area (Å²) in [5.74, 6) is 0.285. The Hall–Kier alpha value is -1.08. The van der Waals surface area contributed by atoms with Crippen molar-refractivity contribution in [2.45, 2.75) is 24.8 Å². The third kappa shape index (κ3) is 4.70. The van der Waals surface area contributed by atoms with E-state index in [9.17, 15) is 8.42 Å². The Labute approximate surface area is 150 Å². The molecule has 4 nitrogen and oxygen atoms in total. The van der Waals surface area contributed by atoms with Crippen molar-refractivity contribution in [3.63, 3.8) is 0 Å². The van der Waals surface area contributed by atoms with Gasteiger partial charge in [0.25, 0.3) is 0 Å². The second kappa shape index (κ2) is 7.66. The summed E-state index contributed by atoms with van der Waals surface area (Å²) in [5.41, 5.74) is 0.858. The first kappa shape index (κ1) is 18.3. The van der Waals surface area contributed by atoms with E-state index >= 15 is 0 Å². The van der Waals surface area contributed by atoms with Crippen LogP contribution in [-0.4, -0.2) is 15.0 Å². The summed E-state index contributed by atoms with van der Waals surface area (Å²) in [4.78, 5) is 0.0378. The van der Waals surface area contributed by atoms with Crippen LogP contribution < -0.4 is 9.46 Å². The number of nitrogens with one attached hydrogen (secondary N) is 1. The van der Waals surface area contributed by atoms with Crippen LogP contribution in [0.4, 0.5) is 0 Å². The molecule has 23 heavy (non-hydrogen) atoms. The maximum Gasteiger partial charge on any atom is 0.244 e. The van der Waals surface area contributed by atoms with Gasteiger partial charge in [0.1, 0.15) is 10.6 Å². The number of ether oxygens (including phenoxy) is 1. The van der Waals surface area contributed by atoms with Crippen molar-refractivity contribution in [2.24, 2.45) is 0 Å². The van der Waals surface area contributed by atoms with E-state index < -0.39 is 10.0 Å². The minimum Gasteiger partial charge on any atom is -0.492 e. The van der Waals surface area contributed by atoms with Crippen LogP contribution >= 0.6 is 27.5 Å². The van der Waals surface area contributed by atoms with Crippen molar-refractivity contribution >= 4 is 37.6 Å². The standard InChI is InChI=1S/C16H17BrClNO3S/c1-3-22-15-9-8-14(18)10-16(15)23(20,21)19-11(2)12-4-6-13(17)7-5-12/h4-11,19H,3H2,1-2H3/t11-/m0/s1. The zero-order valence-electron chi connectivity index (χ0n) is 12.7. The molecule has 0 unspecified atom stereocenters. The SMILES string of the molecule is CCOc1ccc(Cl)cc1S(=O)(=O)N[C@@H](C)c1ccc(Br)cc1. The van der Waals surface area contributed by atoms with Crippen molar-refractivity contribution < 1.29 is 13.2 Å². The average molecular weight is 419 g/mol. The van der Waals surface area contributed by atoms with E-state index in [1.54, 1.807) is 26.0 Å². The number of rotatable bonds is 6. The number of hydrogen-bond donors (Lipinski definition) is 1. The maximum atomic E-state index is 12.7. The monoisotopic (exact) mass is 417 g/mol. The molecule has 7 heteroatoms. The van der Waals surface area contributed by atoms with E-state index in [1.165, 1.54) is 6.07 Å². The van der Waals surface area contributed by atoms with Gasteiger partial charge in [-0.15, -0.1) is 0 Å². The van der Waals surface area contributed by atoms with Gasteiger partial charge in [0, 0.05) is 15.5 Å². The molecular formula is C16H17BrClNO3S. The second-order valence-corrected chi connectivity index (χ2v) is 7.95. The third-order valence-corrected chi connectivity index (χ3v) is 5.52. The minimum atomic E-state index is -3.76. The summed E-state index contributed by atoms with van der Waals surface area (Å²) in [6, 6.07) is 11.6. The molecule has 0 aliphatic carbocycles. The fourth-order valence-corrected chi connectivity index (χ4v) is 3.99. The quantitative estimate of drug-likeness (QED) is 0.749. The highest BCUT2D eigenvalue weighted by molar-refractivity contribution is 9.10. The van der Waals surface area contributed by atoms with Gasteiger partial charge in [-0.2, -0.15) is 0 Å². The molecule has 0 aliphatic heterocycles. The van der Waals surface area contributed by atoms with E-state index in [0.717, 1.165) is 10.0 Å². The Morgan fingerprint density at radius 3 is 2.48 bits per heavy atom. The zero-order valence-corrected chi connectivity index (χ0v) is 15.9. The van der Waals surface area contributed by atoms with Crippen LogP contribution in [0.15, 0.2) is 51.8 Å². The Morgan fingerprint density at radius 2 is 1.87 bits per heavy atom. The van der Waals surface area contributed by atoms with Gasteiger partial charge in [-0.05, 0) is 49.7 Å². The largest absolute Gasteiger partial charge is 0.492 e. The van der Waals surface area contributed by atoms with Gasteiger partial charge in [0.05, 0.1) is 6.61 Å². The normalized spacial score (nSPS) is 12.9. The molecule has 0 amide bonds. The van der Waals surface area contributed by atoms with Crippen LogP contribution in [0.25, 0.3) is 0 Å².